The molecule has 2 aromatic rings. The van der Waals surface area contributed by atoms with Crippen molar-refractivity contribution in [3.63, 3.8) is 0 Å². The van der Waals surface area contributed by atoms with E-state index in [1.54, 1.807) is 7.05 Å². The van der Waals surface area contributed by atoms with Crippen LogP contribution in [0.25, 0.3) is 0 Å². The second-order valence-electron chi connectivity index (χ2n) is 4.78. The van der Waals surface area contributed by atoms with Crippen LogP contribution in [0, 0.1) is 0 Å². The van der Waals surface area contributed by atoms with Gasteiger partial charge in [0.15, 0.2) is 11.7 Å². The van der Waals surface area contributed by atoms with Gasteiger partial charge in [-0.25, -0.2) is 4.98 Å². The predicted molar refractivity (Wildman–Crippen MR) is 110 cm³/mol. The molecule has 0 aliphatic heterocycles. The third-order valence-electron chi connectivity index (χ3n) is 2.93. The Balaban J connectivity index is 0.00000338. The van der Waals surface area contributed by atoms with Crippen molar-refractivity contribution >= 4 is 57.2 Å². The number of hydrogen-bond acceptors (Lipinski definition) is 4. The van der Waals surface area contributed by atoms with Crippen molar-refractivity contribution < 1.29 is 17.9 Å². The van der Waals surface area contributed by atoms with Gasteiger partial charge in [0.2, 0.25) is 0 Å². The predicted octanol–water partition coefficient (Wildman–Crippen LogP) is 4.29. The van der Waals surface area contributed by atoms with Gasteiger partial charge >= 0.3 is 6.18 Å². The highest BCUT2D eigenvalue weighted by molar-refractivity contribution is 14.0. The molecule has 2 rings (SSSR count). The summed E-state index contributed by atoms with van der Waals surface area (Å²) in [4.78, 5) is 7.55. The zero-order valence-electron chi connectivity index (χ0n) is 13.6. The third kappa shape index (κ3) is 7.66. The van der Waals surface area contributed by atoms with Crippen LogP contribution in [0.5, 0.6) is 5.75 Å². The van der Waals surface area contributed by atoms with Crippen LogP contribution in [-0.4, -0.2) is 31.1 Å². The highest BCUT2D eigenvalue weighted by Crippen LogP contribution is 2.29. The van der Waals surface area contributed by atoms with Gasteiger partial charge < -0.3 is 15.4 Å². The van der Waals surface area contributed by atoms with Crippen molar-refractivity contribution in [3.8, 4) is 5.75 Å². The molecule has 0 saturated heterocycles. The Hall–Kier alpha value is -1.08. The summed E-state index contributed by atoms with van der Waals surface area (Å²) in [6, 6.07) is 7.47. The van der Waals surface area contributed by atoms with Crippen molar-refractivity contribution in [1.82, 2.24) is 15.6 Å². The fourth-order valence-electron chi connectivity index (χ4n) is 1.80. The maximum Gasteiger partial charge on any atom is 0.434 e. The molecule has 2 N–H and O–H groups in total. The van der Waals surface area contributed by atoms with Crippen molar-refractivity contribution in [2.24, 2.45) is 4.99 Å². The van der Waals surface area contributed by atoms with Crippen LogP contribution in [0.4, 0.5) is 13.2 Å². The number of alkyl halides is 3. The summed E-state index contributed by atoms with van der Waals surface area (Å²) in [5.74, 6) is 1.20. The van der Waals surface area contributed by atoms with E-state index >= 15 is 0 Å². The van der Waals surface area contributed by atoms with E-state index in [0.717, 1.165) is 26.9 Å². The van der Waals surface area contributed by atoms with Crippen LogP contribution in [0.1, 0.15) is 10.7 Å². The zero-order valence-corrected chi connectivity index (χ0v) is 18.4. The number of benzene rings is 1. The lowest BCUT2D eigenvalue weighted by Crippen LogP contribution is -2.38. The molecule has 0 fully saturated rings. The van der Waals surface area contributed by atoms with Gasteiger partial charge in [-0.15, -0.1) is 35.3 Å². The fourth-order valence-corrected chi connectivity index (χ4v) is 2.92. The minimum atomic E-state index is -4.42. The SMILES string of the molecule is CN=C(NCCOc1cccc(Br)c1)NCc1nc(C(F)(F)F)cs1.I. The number of aromatic nitrogens is 1. The quantitative estimate of drug-likeness (QED) is 0.238. The molecule has 0 bridgehead atoms. The summed E-state index contributed by atoms with van der Waals surface area (Å²) in [5, 5.41) is 7.27. The molecule has 0 aliphatic rings. The lowest BCUT2D eigenvalue weighted by atomic mass is 10.3. The smallest absolute Gasteiger partial charge is 0.434 e. The number of aliphatic imine (C=N–C) groups is 1. The molecule has 1 heterocycles. The number of hydrogen-bond donors (Lipinski definition) is 2. The third-order valence-corrected chi connectivity index (χ3v) is 4.27. The summed E-state index contributed by atoms with van der Waals surface area (Å²) in [6.07, 6.45) is -4.42. The monoisotopic (exact) mass is 564 g/mol. The Morgan fingerprint density at radius 3 is 2.73 bits per heavy atom. The minimum absolute atomic E-state index is 0. The summed E-state index contributed by atoms with van der Waals surface area (Å²) >= 11 is 4.31. The second-order valence-corrected chi connectivity index (χ2v) is 6.64. The number of nitrogens with zero attached hydrogens (tertiary/aromatic N) is 2. The molecule has 0 spiro atoms. The van der Waals surface area contributed by atoms with E-state index in [0.29, 0.717) is 24.1 Å². The van der Waals surface area contributed by atoms with Gasteiger partial charge in [0.1, 0.15) is 17.4 Å². The Labute approximate surface area is 178 Å². The molecule has 0 radical (unpaired) electrons. The molecule has 1 aromatic heterocycles. The van der Waals surface area contributed by atoms with Crippen molar-refractivity contribution in [3.05, 3.63) is 44.8 Å². The van der Waals surface area contributed by atoms with Crippen molar-refractivity contribution in [2.45, 2.75) is 12.7 Å². The second kappa shape index (κ2) is 10.9. The Morgan fingerprint density at radius 2 is 2.12 bits per heavy atom. The minimum Gasteiger partial charge on any atom is -0.492 e. The Kier molecular flexibility index (Phi) is 9.64. The van der Waals surface area contributed by atoms with Crippen LogP contribution in [0.3, 0.4) is 0 Å². The summed E-state index contributed by atoms with van der Waals surface area (Å²) in [7, 11) is 1.58. The van der Waals surface area contributed by atoms with Gasteiger partial charge in [-0.3, -0.25) is 4.99 Å². The van der Waals surface area contributed by atoms with Crippen LogP contribution < -0.4 is 15.4 Å². The number of ether oxygens (including phenoxy) is 1. The van der Waals surface area contributed by atoms with Gasteiger partial charge in [0.25, 0.3) is 0 Å². The highest BCUT2D eigenvalue weighted by Gasteiger charge is 2.33. The number of thiazole rings is 1. The molecule has 0 aliphatic carbocycles. The van der Waals surface area contributed by atoms with E-state index in [1.807, 2.05) is 24.3 Å². The largest absolute Gasteiger partial charge is 0.492 e. The molecule has 26 heavy (non-hydrogen) atoms. The maximum atomic E-state index is 12.5. The molecule has 0 saturated carbocycles. The van der Waals surface area contributed by atoms with Crippen LogP contribution in [-0.2, 0) is 12.7 Å². The molecule has 144 valence electrons. The molecular weight excluding hydrogens is 548 g/mol. The van der Waals surface area contributed by atoms with E-state index in [9.17, 15) is 13.2 Å². The first-order chi connectivity index (χ1) is 11.9. The average molecular weight is 565 g/mol. The number of halogens is 5. The zero-order chi connectivity index (χ0) is 18.3. The van der Waals surface area contributed by atoms with E-state index in [4.69, 9.17) is 4.74 Å². The van der Waals surface area contributed by atoms with Crippen LogP contribution in [0.15, 0.2) is 39.1 Å². The van der Waals surface area contributed by atoms with Gasteiger partial charge in [0.05, 0.1) is 13.1 Å². The van der Waals surface area contributed by atoms with E-state index in [-0.39, 0.29) is 30.5 Å². The lowest BCUT2D eigenvalue weighted by Gasteiger charge is -2.12. The number of rotatable bonds is 6. The van der Waals surface area contributed by atoms with E-state index in [1.165, 1.54) is 0 Å². The topological polar surface area (TPSA) is 58.5 Å². The molecule has 0 atom stereocenters. The summed E-state index contributed by atoms with van der Waals surface area (Å²) < 4.78 is 44.0. The van der Waals surface area contributed by atoms with E-state index in [2.05, 4.69) is 36.5 Å². The molecule has 5 nitrogen and oxygen atoms in total. The molecule has 11 heteroatoms. The van der Waals surface area contributed by atoms with Crippen molar-refractivity contribution in [1.29, 1.82) is 0 Å². The number of guanidine groups is 1. The standard InChI is InChI=1S/C15H16BrF3N4OS.HI/c1-20-14(21-5-6-24-11-4-2-3-10(16)7-11)22-8-13-23-12(9-25-13)15(17,18)19;/h2-4,7,9H,5-6,8H2,1H3,(H2,20,21,22);1H. The summed E-state index contributed by atoms with van der Waals surface area (Å²) in [6.45, 7) is 1.05. The van der Waals surface area contributed by atoms with E-state index < -0.39 is 11.9 Å². The molecule has 0 amide bonds. The molecular formula is C15H17BrF3IN4OS. The fraction of sp³-hybridized carbons (Fsp3) is 0.333. The maximum absolute atomic E-state index is 12.5. The molecule has 1 aromatic carbocycles. The van der Waals surface area contributed by atoms with Gasteiger partial charge in [-0.2, -0.15) is 13.2 Å². The highest BCUT2D eigenvalue weighted by atomic mass is 127. The Morgan fingerprint density at radius 1 is 1.35 bits per heavy atom. The normalized spacial score (nSPS) is 11.7. The first-order valence-corrected chi connectivity index (χ1v) is 8.90. The van der Waals surface area contributed by atoms with Gasteiger partial charge in [-0.1, -0.05) is 22.0 Å². The van der Waals surface area contributed by atoms with Crippen LogP contribution in [0.2, 0.25) is 0 Å². The lowest BCUT2D eigenvalue weighted by molar-refractivity contribution is -0.140. The van der Waals surface area contributed by atoms with Gasteiger partial charge in [-0.05, 0) is 18.2 Å². The average Bonchev–Trinajstić information content (AvgIpc) is 3.03. The van der Waals surface area contributed by atoms with Gasteiger partial charge in [0, 0.05) is 16.9 Å². The number of nitrogens with one attached hydrogen (secondary N) is 2. The summed E-state index contributed by atoms with van der Waals surface area (Å²) in [5.41, 5.74) is -0.875. The molecule has 0 unspecified atom stereocenters. The van der Waals surface area contributed by atoms with Crippen LogP contribution >= 0.6 is 51.2 Å². The first-order valence-electron chi connectivity index (χ1n) is 7.23. The first kappa shape index (κ1) is 23.0. The Bertz CT molecular complexity index is 727. The van der Waals surface area contributed by atoms with Crippen molar-refractivity contribution in [2.75, 3.05) is 20.2 Å².